The highest BCUT2D eigenvalue weighted by molar-refractivity contribution is 6.31. The Kier molecular flexibility index (Phi) is 5.17. The SMILES string of the molecule is COC(=O)C[C@H](N)C(=O)N1C(=O)O[C@]2(CCCNC2)c2cc(Cl)ccc21. The van der Waals surface area contributed by atoms with Gasteiger partial charge in [0.15, 0.2) is 5.60 Å². The van der Waals surface area contributed by atoms with Crippen LogP contribution in [-0.4, -0.2) is 44.2 Å². The molecule has 0 bridgehead atoms. The maximum absolute atomic E-state index is 12.7. The van der Waals surface area contributed by atoms with E-state index in [0.29, 0.717) is 29.2 Å². The summed E-state index contributed by atoms with van der Waals surface area (Å²) in [6.45, 7) is 1.25. The number of nitrogens with two attached hydrogens (primary N) is 1. The van der Waals surface area contributed by atoms with Crippen molar-refractivity contribution in [2.24, 2.45) is 5.73 Å². The van der Waals surface area contributed by atoms with Crippen molar-refractivity contribution in [2.45, 2.75) is 30.9 Å². The maximum Gasteiger partial charge on any atom is 0.422 e. The van der Waals surface area contributed by atoms with Crippen molar-refractivity contribution in [1.29, 1.82) is 0 Å². The van der Waals surface area contributed by atoms with Gasteiger partial charge in [-0.1, -0.05) is 11.6 Å². The van der Waals surface area contributed by atoms with Crippen LogP contribution in [0, 0.1) is 0 Å². The summed E-state index contributed by atoms with van der Waals surface area (Å²) in [5.41, 5.74) is 5.95. The van der Waals surface area contributed by atoms with Gasteiger partial charge in [-0.25, -0.2) is 9.69 Å². The fourth-order valence-corrected chi connectivity index (χ4v) is 3.53. The fourth-order valence-electron chi connectivity index (χ4n) is 3.35. The molecule has 1 aromatic carbocycles. The zero-order valence-electron chi connectivity index (χ0n) is 14.3. The molecule has 2 aliphatic rings. The van der Waals surface area contributed by atoms with E-state index in [1.54, 1.807) is 18.2 Å². The normalized spacial score (nSPS) is 23.2. The van der Waals surface area contributed by atoms with Crippen LogP contribution in [0.25, 0.3) is 0 Å². The molecule has 0 radical (unpaired) electrons. The second-order valence-electron chi connectivity index (χ2n) is 6.36. The molecule has 140 valence electrons. The Morgan fingerprint density at radius 1 is 1.50 bits per heavy atom. The smallest absolute Gasteiger partial charge is 0.422 e. The summed E-state index contributed by atoms with van der Waals surface area (Å²) in [6, 6.07) is 3.66. The van der Waals surface area contributed by atoms with E-state index >= 15 is 0 Å². The lowest BCUT2D eigenvalue weighted by atomic mass is 9.84. The Bertz CT molecular complexity index is 748. The van der Waals surface area contributed by atoms with Gasteiger partial charge in [0, 0.05) is 17.1 Å². The van der Waals surface area contributed by atoms with Gasteiger partial charge in [0.25, 0.3) is 5.91 Å². The lowest BCUT2D eigenvalue weighted by Crippen LogP contribution is -2.57. The van der Waals surface area contributed by atoms with Crippen LogP contribution < -0.4 is 16.0 Å². The summed E-state index contributed by atoms with van der Waals surface area (Å²) >= 11 is 6.14. The number of hydrogen-bond acceptors (Lipinski definition) is 7. The highest BCUT2D eigenvalue weighted by Gasteiger charge is 2.48. The molecule has 8 nitrogen and oxygen atoms in total. The molecule has 2 amide bonds. The lowest BCUT2D eigenvalue weighted by molar-refractivity contribution is -0.142. The summed E-state index contributed by atoms with van der Waals surface area (Å²) in [5.74, 6) is -1.37. The molecule has 3 rings (SSSR count). The fraction of sp³-hybridized carbons (Fsp3) is 0.471. The van der Waals surface area contributed by atoms with E-state index in [4.69, 9.17) is 22.1 Å². The maximum atomic E-state index is 12.7. The van der Waals surface area contributed by atoms with Gasteiger partial charge in [0.05, 0.1) is 25.3 Å². The minimum Gasteiger partial charge on any atom is -0.469 e. The van der Waals surface area contributed by atoms with E-state index in [-0.39, 0.29) is 6.42 Å². The Morgan fingerprint density at radius 2 is 2.27 bits per heavy atom. The first-order chi connectivity index (χ1) is 12.4. The number of carbonyl (C=O) groups is 3. The van der Waals surface area contributed by atoms with Crippen molar-refractivity contribution in [3.63, 3.8) is 0 Å². The molecule has 9 heteroatoms. The van der Waals surface area contributed by atoms with Crippen molar-refractivity contribution in [3.05, 3.63) is 28.8 Å². The van der Waals surface area contributed by atoms with E-state index < -0.39 is 29.6 Å². The molecule has 1 spiro atoms. The number of methoxy groups -OCH3 is 1. The molecule has 1 fully saturated rings. The third-order valence-corrected chi connectivity index (χ3v) is 4.89. The predicted octanol–water partition coefficient (Wildman–Crippen LogP) is 1.29. The second-order valence-corrected chi connectivity index (χ2v) is 6.80. The molecule has 2 atom stereocenters. The summed E-state index contributed by atoms with van der Waals surface area (Å²) in [4.78, 5) is 37.7. The number of rotatable bonds is 3. The summed E-state index contributed by atoms with van der Waals surface area (Å²) < 4.78 is 10.2. The van der Waals surface area contributed by atoms with Crippen molar-refractivity contribution < 1.29 is 23.9 Å². The molecule has 1 aromatic rings. The van der Waals surface area contributed by atoms with Crippen LogP contribution in [0.15, 0.2) is 18.2 Å². The monoisotopic (exact) mass is 381 g/mol. The highest BCUT2D eigenvalue weighted by atomic mass is 35.5. The van der Waals surface area contributed by atoms with Gasteiger partial charge in [-0.2, -0.15) is 0 Å². The van der Waals surface area contributed by atoms with E-state index in [1.807, 2.05) is 0 Å². The quantitative estimate of drug-likeness (QED) is 0.759. The van der Waals surface area contributed by atoms with E-state index in [2.05, 4.69) is 10.1 Å². The Balaban J connectivity index is 1.99. The minimum atomic E-state index is -1.22. The number of anilines is 1. The number of halogens is 1. The summed E-state index contributed by atoms with van der Waals surface area (Å²) in [5, 5.41) is 3.69. The van der Waals surface area contributed by atoms with Crippen molar-refractivity contribution in [2.75, 3.05) is 25.1 Å². The Labute approximate surface area is 155 Å². The third kappa shape index (κ3) is 3.27. The van der Waals surface area contributed by atoms with Gasteiger partial charge in [-0.05, 0) is 37.6 Å². The molecule has 0 aromatic heterocycles. The van der Waals surface area contributed by atoms with Crippen LogP contribution in [-0.2, 0) is 24.7 Å². The molecule has 0 saturated carbocycles. The van der Waals surface area contributed by atoms with Crippen molar-refractivity contribution in [1.82, 2.24) is 5.32 Å². The average Bonchev–Trinajstić information content (AvgIpc) is 2.62. The number of nitrogens with zero attached hydrogens (tertiary/aromatic N) is 1. The van der Waals surface area contributed by atoms with E-state index in [0.717, 1.165) is 17.9 Å². The van der Waals surface area contributed by atoms with Crippen LogP contribution >= 0.6 is 11.6 Å². The molecule has 0 aliphatic carbocycles. The van der Waals surface area contributed by atoms with Crippen LogP contribution in [0.3, 0.4) is 0 Å². The first kappa shape index (κ1) is 18.6. The van der Waals surface area contributed by atoms with Gasteiger partial charge in [-0.15, -0.1) is 0 Å². The number of piperidine rings is 1. The van der Waals surface area contributed by atoms with Gasteiger partial charge in [0.2, 0.25) is 0 Å². The summed E-state index contributed by atoms with van der Waals surface area (Å²) in [6.07, 6.45) is 0.285. The van der Waals surface area contributed by atoms with Gasteiger partial charge in [0.1, 0.15) is 0 Å². The Hall–Kier alpha value is -2.16. The van der Waals surface area contributed by atoms with Gasteiger partial charge < -0.3 is 20.5 Å². The highest BCUT2D eigenvalue weighted by Crippen LogP contribution is 2.44. The molecular weight excluding hydrogens is 362 g/mol. The molecule has 2 aliphatic heterocycles. The number of imide groups is 1. The van der Waals surface area contributed by atoms with E-state index in [9.17, 15) is 14.4 Å². The minimum absolute atomic E-state index is 0.339. The molecular formula is C17H20ClN3O5. The summed E-state index contributed by atoms with van der Waals surface area (Å²) in [7, 11) is 1.20. The number of benzene rings is 1. The molecule has 2 heterocycles. The van der Waals surface area contributed by atoms with Crippen LogP contribution in [0.5, 0.6) is 0 Å². The molecule has 26 heavy (non-hydrogen) atoms. The zero-order valence-corrected chi connectivity index (χ0v) is 15.0. The molecule has 1 saturated heterocycles. The molecule has 3 N–H and O–H groups in total. The lowest BCUT2D eigenvalue weighted by Gasteiger charge is -2.44. The topological polar surface area (TPSA) is 111 Å². The third-order valence-electron chi connectivity index (χ3n) is 4.65. The number of hydrogen-bond donors (Lipinski definition) is 2. The number of fused-ring (bicyclic) bond motifs is 2. The standard InChI is InChI=1S/C17H20ClN3O5/c1-25-14(22)8-12(19)15(23)21-13-4-3-10(18)7-11(13)17(26-16(21)24)5-2-6-20-9-17/h3-4,7,12,20H,2,5-6,8-9,19H2,1H3/t12-,17-/m0/s1. The van der Waals surface area contributed by atoms with Crippen LogP contribution in [0.4, 0.5) is 10.5 Å². The largest absolute Gasteiger partial charge is 0.469 e. The van der Waals surface area contributed by atoms with Gasteiger partial charge >= 0.3 is 12.1 Å². The number of nitrogens with one attached hydrogen (secondary N) is 1. The second kappa shape index (κ2) is 7.22. The Morgan fingerprint density at radius 3 is 2.92 bits per heavy atom. The molecule has 0 unspecified atom stereocenters. The van der Waals surface area contributed by atoms with Crippen LogP contribution in [0.1, 0.15) is 24.8 Å². The first-order valence-electron chi connectivity index (χ1n) is 8.28. The predicted molar refractivity (Wildman–Crippen MR) is 93.8 cm³/mol. The van der Waals surface area contributed by atoms with Gasteiger partial charge in [-0.3, -0.25) is 9.59 Å². The first-order valence-corrected chi connectivity index (χ1v) is 8.66. The van der Waals surface area contributed by atoms with E-state index in [1.165, 1.54) is 7.11 Å². The number of esters is 1. The average molecular weight is 382 g/mol. The van der Waals surface area contributed by atoms with Crippen LogP contribution in [0.2, 0.25) is 5.02 Å². The zero-order chi connectivity index (χ0) is 18.9. The van der Waals surface area contributed by atoms with Crippen molar-refractivity contribution in [3.8, 4) is 0 Å². The van der Waals surface area contributed by atoms with Crippen molar-refractivity contribution >= 4 is 35.3 Å². The number of ether oxygens (including phenoxy) is 2. The number of amides is 2. The number of carbonyl (C=O) groups excluding carboxylic acids is 3.